The summed E-state index contributed by atoms with van der Waals surface area (Å²) in [5.41, 5.74) is 3.10. The van der Waals surface area contributed by atoms with Crippen molar-refractivity contribution in [2.24, 2.45) is 0 Å². The van der Waals surface area contributed by atoms with Gasteiger partial charge in [0.05, 0.1) is 12.7 Å². The highest BCUT2D eigenvalue weighted by Crippen LogP contribution is 2.14. The van der Waals surface area contributed by atoms with Crippen LogP contribution in [-0.2, 0) is 0 Å². The van der Waals surface area contributed by atoms with Crippen molar-refractivity contribution in [2.75, 3.05) is 23.8 Å². The van der Waals surface area contributed by atoms with Crippen LogP contribution in [0.1, 0.15) is 15.9 Å². The van der Waals surface area contributed by atoms with E-state index < -0.39 is 6.10 Å². The molecular formula is C17H20N2O3. The average Bonchev–Trinajstić information content (AvgIpc) is 2.55. The molecule has 22 heavy (non-hydrogen) atoms. The van der Waals surface area contributed by atoms with E-state index in [1.807, 2.05) is 31.2 Å². The van der Waals surface area contributed by atoms with Crippen molar-refractivity contribution in [2.45, 2.75) is 13.0 Å². The Kier molecular flexibility index (Phi) is 5.52. The lowest BCUT2D eigenvalue weighted by Crippen LogP contribution is -2.23. The SMILES string of the molecule is Cc1ccc(NC(=O)c2cccc(NCC(O)CO)c2)cc1. The number of carbonyl (C=O) groups excluding carboxylic acids is 1. The van der Waals surface area contributed by atoms with Gasteiger partial charge in [-0.1, -0.05) is 23.8 Å². The first-order chi connectivity index (χ1) is 10.6. The zero-order valence-electron chi connectivity index (χ0n) is 12.4. The van der Waals surface area contributed by atoms with Crippen molar-refractivity contribution in [3.63, 3.8) is 0 Å². The molecule has 0 spiro atoms. The second-order valence-corrected chi connectivity index (χ2v) is 5.12. The molecule has 4 N–H and O–H groups in total. The Labute approximate surface area is 129 Å². The number of carbonyl (C=O) groups is 1. The molecule has 1 unspecified atom stereocenters. The van der Waals surface area contributed by atoms with E-state index in [-0.39, 0.29) is 19.1 Å². The molecule has 0 aliphatic heterocycles. The van der Waals surface area contributed by atoms with Gasteiger partial charge in [0.1, 0.15) is 0 Å². The maximum Gasteiger partial charge on any atom is 0.255 e. The van der Waals surface area contributed by atoms with Crippen LogP contribution in [0.5, 0.6) is 0 Å². The van der Waals surface area contributed by atoms with Gasteiger partial charge in [-0.15, -0.1) is 0 Å². The van der Waals surface area contributed by atoms with Crippen molar-refractivity contribution in [3.8, 4) is 0 Å². The standard InChI is InChI=1S/C17H20N2O3/c1-12-5-7-14(8-6-12)19-17(22)13-3-2-4-15(9-13)18-10-16(21)11-20/h2-9,16,18,20-21H,10-11H2,1H3,(H,19,22). The normalized spacial score (nSPS) is 11.8. The number of aliphatic hydroxyl groups is 2. The summed E-state index contributed by atoms with van der Waals surface area (Å²) < 4.78 is 0. The van der Waals surface area contributed by atoms with E-state index in [9.17, 15) is 9.90 Å². The molecule has 0 aromatic heterocycles. The summed E-state index contributed by atoms with van der Waals surface area (Å²) in [6.45, 7) is 1.90. The smallest absolute Gasteiger partial charge is 0.255 e. The summed E-state index contributed by atoms with van der Waals surface area (Å²) in [7, 11) is 0. The lowest BCUT2D eigenvalue weighted by Gasteiger charge is -2.11. The predicted molar refractivity (Wildman–Crippen MR) is 87.2 cm³/mol. The molecule has 2 aromatic rings. The number of nitrogens with one attached hydrogen (secondary N) is 2. The second-order valence-electron chi connectivity index (χ2n) is 5.12. The zero-order valence-corrected chi connectivity index (χ0v) is 12.4. The monoisotopic (exact) mass is 300 g/mol. The minimum absolute atomic E-state index is 0.199. The van der Waals surface area contributed by atoms with Crippen molar-refractivity contribution in [3.05, 3.63) is 59.7 Å². The van der Waals surface area contributed by atoms with Gasteiger partial charge in [0.2, 0.25) is 0 Å². The van der Waals surface area contributed by atoms with E-state index in [0.717, 1.165) is 11.3 Å². The quantitative estimate of drug-likeness (QED) is 0.658. The van der Waals surface area contributed by atoms with Gasteiger partial charge in [0, 0.05) is 23.5 Å². The Morgan fingerprint density at radius 2 is 1.86 bits per heavy atom. The molecule has 2 rings (SSSR count). The fourth-order valence-corrected chi connectivity index (χ4v) is 1.91. The number of hydrogen-bond acceptors (Lipinski definition) is 4. The molecule has 2 aromatic carbocycles. The summed E-state index contributed by atoms with van der Waals surface area (Å²) in [4.78, 5) is 12.2. The van der Waals surface area contributed by atoms with Crippen LogP contribution in [-0.4, -0.2) is 35.4 Å². The molecule has 1 atom stereocenters. The van der Waals surface area contributed by atoms with Crippen LogP contribution < -0.4 is 10.6 Å². The Morgan fingerprint density at radius 1 is 1.14 bits per heavy atom. The highest BCUT2D eigenvalue weighted by atomic mass is 16.3. The van der Waals surface area contributed by atoms with Crippen LogP contribution in [0.25, 0.3) is 0 Å². The van der Waals surface area contributed by atoms with E-state index in [1.54, 1.807) is 24.3 Å². The molecule has 0 bridgehead atoms. The molecule has 5 nitrogen and oxygen atoms in total. The van der Waals surface area contributed by atoms with Gasteiger partial charge in [-0.05, 0) is 37.3 Å². The van der Waals surface area contributed by atoms with Gasteiger partial charge in [0.15, 0.2) is 0 Å². The Bertz CT molecular complexity index is 626. The van der Waals surface area contributed by atoms with Crippen molar-refractivity contribution in [1.82, 2.24) is 0 Å². The molecule has 0 saturated heterocycles. The highest BCUT2D eigenvalue weighted by Gasteiger charge is 2.07. The first-order valence-corrected chi connectivity index (χ1v) is 7.09. The van der Waals surface area contributed by atoms with Crippen molar-refractivity contribution < 1.29 is 15.0 Å². The van der Waals surface area contributed by atoms with Gasteiger partial charge in [0.25, 0.3) is 5.91 Å². The first kappa shape index (κ1) is 16.0. The van der Waals surface area contributed by atoms with Gasteiger partial charge in [-0.2, -0.15) is 0 Å². The number of aryl methyl sites for hydroxylation is 1. The number of rotatable bonds is 6. The maximum absolute atomic E-state index is 12.2. The summed E-state index contributed by atoms with van der Waals surface area (Å²) >= 11 is 0. The predicted octanol–water partition coefficient (Wildman–Crippen LogP) is 2.01. The number of aliphatic hydroxyl groups excluding tert-OH is 2. The Balaban J connectivity index is 2.02. The van der Waals surface area contributed by atoms with E-state index in [1.165, 1.54) is 0 Å². The Hall–Kier alpha value is -2.37. The number of benzene rings is 2. The summed E-state index contributed by atoms with van der Waals surface area (Å²) in [6, 6.07) is 14.6. The molecule has 5 heteroatoms. The molecule has 0 heterocycles. The third-order valence-corrected chi connectivity index (χ3v) is 3.19. The van der Waals surface area contributed by atoms with E-state index in [0.29, 0.717) is 11.3 Å². The van der Waals surface area contributed by atoms with E-state index in [2.05, 4.69) is 10.6 Å². The van der Waals surface area contributed by atoms with E-state index >= 15 is 0 Å². The third kappa shape index (κ3) is 4.58. The lowest BCUT2D eigenvalue weighted by atomic mass is 10.1. The minimum atomic E-state index is -0.829. The van der Waals surface area contributed by atoms with Crippen LogP contribution >= 0.6 is 0 Å². The largest absolute Gasteiger partial charge is 0.394 e. The molecule has 0 aliphatic rings. The molecule has 0 radical (unpaired) electrons. The van der Waals surface area contributed by atoms with Crippen molar-refractivity contribution >= 4 is 17.3 Å². The molecule has 116 valence electrons. The van der Waals surface area contributed by atoms with Gasteiger partial charge >= 0.3 is 0 Å². The summed E-state index contributed by atoms with van der Waals surface area (Å²) in [5, 5.41) is 23.9. The summed E-state index contributed by atoms with van der Waals surface area (Å²) in [6.07, 6.45) is -0.829. The average molecular weight is 300 g/mol. The van der Waals surface area contributed by atoms with Gasteiger partial charge in [-0.3, -0.25) is 4.79 Å². The Morgan fingerprint density at radius 3 is 2.55 bits per heavy atom. The van der Waals surface area contributed by atoms with Crippen LogP contribution in [0, 0.1) is 6.92 Å². The highest BCUT2D eigenvalue weighted by molar-refractivity contribution is 6.04. The zero-order chi connectivity index (χ0) is 15.9. The van der Waals surface area contributed by atoms with Crippen molar-refractivity contribution in [1.29, 1.82) is 0 Å². The van der Waals surface area contributed by atoms with Gasteiger partial charge < -0.3 is 20.8 Å². The molecule has 0 aliphatic carbocycles. The van der Waals surface area contributed by atoms with Crippen LogP contribution in [0.2, 0.25) is 0 Å². The van der Waals surface area contributed by atoms with Crippen LogP contribution in [0.15, 0.2) is 48.5 Å². The number of hydrogen-bond donors (Lipinski definition) is 4. The number of amides is 1. The molecule has 0 saturated carbocycles. The third-order valence-electron chi connectivity index (χ3n) is 3.19. The van der Waals surface area contributed by atoms with E-state index in [4.69, 9.17) is 5.11 Å². The number of anilines is 2. The van der Waals surface area contributed by atoms with Crippen LogP contribution in [0.4, 0.5) is 11.4 Å². The molecular weight excluding hydrogens is 280 g/mol. The van der Waals surface area contributed by atoms with Gasteiger partial charge in [-0.25, -0.2) is 0 Å². The second kappa shape index (κ2) is 7.59. The summed E-state index contributed by atoms with van der Waals surface area (Å²) in [5.74, 6) is -0.199. The lowest BCUT2D eigenvalue weighted by molar-refractivity contribution is 0.102. The maximum atomic E-state index is 12.2. The fraction of sp³-hybridized carbons (Fsp3) is 0.235. The van der Waals surface area contributed by atoms with Crippen LogP contribution in [0.3, 0.4) is 0 Å². The molecule has 0 fully saturated rings. The minimum Gasteiger partial charge on any atom is -0.394 e. The first-order valence-electron chi connectivity index (χ1n) is 7.09. The molecule has 1 amide bonds. The topological polar surface area (TPSA) is 81.6 Å². The fourth-order valence-electron chi connectivity index (χ4n) is 1.91.